The summed E-state index contributed by atoms with van der Waals surface area (Å²) in [7, 11) is 0. The fraction of sp³-hybridized carbons (Fsp3) is 0.212. The third kappa shape index (κ3) is 6.32. The number of ether oxygens (including phenoxy) is 2. The minimum Gasteiger partial charge on any atom is -0.482 e. The van der Waals surface area contributed by atoms with Gasteiger partial charge >= 0.3 is 0 Å². The Morgan fingerprint density at radius 1 is 0.902 bits per heavy atom. The number of pyridine rings is 1. The van der Waals surface area contributed by atoms with Gasteiger partial charge in [-0.2, -0.15) is 0 Å². The molecule has 1 N–H and O–H groups in total. The van der Waals surface area contributed by atoms with Gasteiger partial charge in [0.25, 0.3) is 5.91 Å². The number of amides is 1. The lowest BCUT2D eigenvalue weighted by Crippen LogP contribution is -2.59. The van der Waals surface area contributed by atoms with E-state index in [1.807, 2.05) is 42.1 Å². The molecule has 0 bridgehead atoms. The van der Waals surface area contributed by atoms with E-state index in [9.17, 15) is 9.59 Å². The Labute approximate surface area is 244 Å². The summed E-state index contributed by atoms with van der Waals surface area (Å²) in [5.74, 6) is 0.958. The molecule has 0 spiro atoms. The summed E-state index contributed by atoms with van der Waals surface area (Å²) >= 11 is 1.95. The molecule has 1 fully saturated rings. The molecule has 3 aliphatic rings. The summed E-state index contributed by atoms with van der Waals surface area (Å²) in [6.07, 6.45) is 10.4. The van der Waals surface area contributed by atoms with Crippen LogP contribution in [0.5, 0.6) is 5.75 Å². The first-order valence-corrected chi connectivity index (χ1v) is 14.3. The molecule has 1 saturated heterocycles. The molecular formula is C33H31N3O4S. The topological polar surface area (TPSA) is 72.8 Å². The summed E-state index contributed by atoms with van der Waals surface area (Å²) < 4.78 is 12.7. The van der Waals surface area contributed by atoms with E-state index in [1.165, 1.54) is 27.7 Å². The Hall–Kier alpha value is -4.45. The summed E-state index contributed by atoms with van der Waals surface area (Å²) in [6, 6.07) is 28.4. The van der Waals surface area contributed by atoms with Gasteiger partial charge in [0.1, 0.15) is 12.8 Å². The molecule has 3 aliphatic heterocycles. The van der Waals surface area contributed by atoms with Crippen molar-refractivity contribution in [2.24, 2.45) is 0 Å². The van der Waals surface area contributed by atoms with Gasteiger partial charge in [0.05, 0.1) is 13.2 Å². The summed E-state index contributed by atoms with van der Waals surface area (Å²) in [4.78, 5) is 28.2. The first-order valence-electron chi connectivity index (χ1n) is 13.4. The summed E-state index contributed by atoms with van der Waals surface area (Å²) in [5.41, 5.74) is 8.46. The first kappa shape index (κ1) is 28.1. The van der Waals surface area contributed by atoms with Crippen molar-refractivity contribution in [1.29, 1.82) is 0 Å². The van der Waals surface area contributed by atoms with Gasteiger partial charge in [0, 0.05) is 29.5 Å². The van der Waals surface area contributed by atoms with Crippen LogP contribution in [0.15, 0.2) is 101 Å². The molecular weight excluding hydrogens is 534 g/mol. The number of nitrogens with zero attached hydrogens (tertiary/aromatic N) is 2. The Kier molecular flexibility index (Phi) is 9.09. The maximum absolute atomic E-state index is 12.8. The number of aromatic nitrogens is 1. The highest BCUT2D eigenvalue weighted by Gasteiger charge is 2.36. The van der Waals surface area contributed by atoms with E-state index < -0.39 is 0 Å². The molecule has 3 aromatic carbocycles. The van der Waals surface area contributed by atoms with Crippen LogP contribution in [0.1, 0.15) is 32.7 Å². The average molecular weight is 566 g/mol. The van der Waals surface area contributed by atoms with Crippen LogP contribution in [0.25, 0.3) is 0 Å². The second kappa shape index (κ2) is 13.3. The van der Waals surface area contributed by atoms with E-state index in [4.69, 9.17) is 9.47 Å². The number of fused-ring (bicyclic) bond motifs is 4. The van der Waals surface area contributed by atoms with Crippen LogP contribution in [-0.2, 0) is 23.5 Å². The largest absolute Gasteiger partial charge is 0.482 e. The van der Waals surface area contributed by atoms with Gasteiger partial charge in [-0.1, -0.05) is 72.8 Å². The lowest BCUT2D eigenvalue weighted by atomic mass is 10.0. The zero-order valence-corrected chi connectivity index (χ0v) is 23.4. The molecule has 1 atom stereocenters. The predicted molar refractivity (Wildman–Crippen MR) is 162 cm³/mol. The number of benzene rings is 3. The number of carbonyl (C=O) groups excluding carboxylic acids is 1. The SMILES string of the molecule is C#C.O=C1c2c(OCc3ccccc3)c(=O)ccn2N[C@@H]2COCCN12.c1ccc2c(c1)CSc1ccccc1C2. The van der Waals surface area contributed by atoms with Crippen LogP contribution >= 0.6 is 11.8 Å². The van der Waals surface area contributed by atoms with Crippen molar-refractivity contribution in [2.45, 2.75) is 29.8 Å². The van der Waals surface area contributed by atoms with E-state index in [-0.39, 0.29) is 35.6 Å². The van der Waals surface area contributed by atoms with Crippen LogP contribution < -0.4 is 15.6 Å². The fourth-order valence-electron chi connectivity index (χ4n) is 4.97. The smallest absolute Gasteiger partial charge is 0.278 e. The molecule has 7 rings (SSSR count). The second-order valence-corrected chi connectivity index (χ2v) is 10.6. The molecule has 4 aromatic rings. The van der Waals surface area contributed by atoms with Gasteiger partial charge in [0.2, 0.25) is 5.43 Å². The molecule has 0 radical (unpaired) electrons. The summed E-state index contributed by atoms with van der Waals surface area (Å²) in [6.45, 7) is 1.61. The minimum atomic E-state index is -0.306. The molecule has 0 unspecified atom stereocenters. The maximum Gasteiger partial charge on any atom is 0.278 e. The Bertz CT molecular complexity index is 1540. The molecule has 1 amide bonds. The predicted octanol–water partition coefficient (Wildman–Crippen LogP) is 4.92. The molecule has 208 valence electrons. The monoisotopic (exact) mass is 565 g/mol. The third-order valence-corrected chi connectivity index (χ3v) is 8.18. The molecule has 8 heteroatoms. The first-order chi connectivity index (χ1) is 20.2. The van der Waals surface area contributed by atoms with Crippen molar-refractivity contribution in [3.63, 3.8) is 0 Å². The van der Waals surface area contributed by atoms with Crippen LogP contribution in [0.3, 0.4) is 0 Å². The van der Waals surface area contributed by atoms with E-state index in [0.29, 0.717) is 19.8 Å². The standard InChI is InChI=1S/C17H17N3O4.C14H12S.C2H2/c21-13-6-7-20-15(16(13)24-10-12-4-2-1-3-5-12)17(22)19-8-9-23-11-14(19)18-20;1-2-7-13-10-15-14-8-4-3-6-12(14)9-11(13)5-1;1-2/h1-7,14,18H,8-11H2;1-8H,9-10H2;1-2H/t14-;;/m0../s1. The van der Waals surface area contributed by atoms with Crippen LogP contribution in [-0.4, -0.2) is 41.4 Å². The third-order valence-electron chi connectivity index (χ3n) is 7.02. The zero-order chi connectivity index (χ0) is 28.6. The van der Waals surface area contributed by atoms with Gasteiger partial charge in [-0.3, -0.25) is 14.3 Å². The maximum atomic E-state index is 12.8. The van der Waals surface area contributed by atoms with Gasteiger partial charge in [-0.05, 0) is 34.7 Å². The Morgan fingerprint density at radius 2 is 1.61 bits per heavy atom. The van der Waals surface area contributed by atoms with E-state index in [0.717, 1.165) is 17.7 Å². The van der Waals surface area contributed by atoms with E-state index >= 15 is 0 Å². The van der Waals surface area contributed by atoms with Crippen molar-refractivity contribution in [1.82, 2.24) is 9.58 Å². The zero-order valence-electron chi connectivity index (χ0n) is 22.6. The Balaban J connectivity index is 0.000000170. The lowest BCUT2D eigenvalue weighted by Gasteiger charge is -2.41. The number of hydrogen-bond donors (Lipinski definition) is 1. The molecule has 41 heavy (non-hydrogen) atoms. The van der Waals surface area contributed by atoms with Crippen LogP contribution in [0, 0.1) is 12.8 Å². The van der Waals surface area contributed by atoms with Crippen LogP contribution in [0.4, 0.5) is 0 Å². The second-order valence-electron chi connectivity index (χ2n) is 9.56. The highest BCUT2D eigenvalue weighted by Crippen LogP contribution is 2.33. The number of carbonyl (C=O) groups is 1. The highest BCUT2D eigenvalue weighted by atomic mass is 32.2. The van der Waals surface area contributed by atoms with Crippen molar-refractivity contribution >= 4 is 17.7 Å². The normalized spacial score (nSPS) is 16.4. The van der Waals surface area contributed by atoms with Crippen LogP contribution in [0.2, 0.25) is 0 Å². The average Bonchev–Trinajstić information content (AvgIpc) is 3.22. The molecule has 1 aromatic heterocycles. The van der Waals surface area contributed by atoms with Gasteiger partial charge < -0.3 is 19.8 Å². The van der Waals surface area contributed by atoms with Crippen molar-refractivity contribution in [2.75, 3.05) is 25.2 Å². The lowest BCUT2D eigenvalue weighted by molar-refractivity contribution is -0.00326. The quantitative estimate of drug-likeness (QED) is 0.356. The number of rotatable bonds is 3. The minimum absolute atomic E-state index is 0.0730. The highest BCUT2D eigenvalue weighted by molar-refractivity contribution is 7.98. The van der Waals surface area contributed by atoms with Gasteiger partial charge in [-0.15, -0.1) is 24.6 Å². The van der Waals surface area contributed by atoms with Gasteiger partial charge in [0.15, 0.2) is 11.4 Å². The van der Waals surface area contributed by atoms with Gasteiger partial charge in [-0.25, -0.2) is 0 Å². The number of terminal acetylenes is 1. The summed E-state index contributed by atoms with van der Waals surface area (Å²) in [5, 5.41) is 0. The van der Waals surface area contributed by atoms with Crippen molar-refractivity contribution in [3.8, 4) is 18.6 Å². The molecule has 4 heterocycles. The molecule has 0 saturated carbocycles. The van der Waals surface area contributed by atoms with E-state index in [2.05, 4.69) is 66.8 Å². The molecule has 0 aliphatic carbocycles. The van der Waals surface area contributed by atoms with E-state index in [1.54, 1.807) is 15.8 Å². The van der Waals surface area contributed by atoms with Crippen molar-refractivity contribution < 1.29 is 14.3 Å². The Morgan fingerprint density at radius 3 is 2.41 bits per heavy atom. The number of thioether (sulfide) groups is 1. The number of hydrogen-bond acceptors (Lipinski definition) is 6. The van der Waals surface area contributed by atoms with Crippen molar-refractivity contribution in [3.05, 3.63) is 129 Å². The number of nitrogens with one attached hydrogen (secondary N) is 1. The fourth-order valence-corrected chi connectivity index (χ4v) is 6.06. The molecule has 7 nitrogen and oxygen atoms in total. The number of morpholine rings is 1.